The molecule has 2 atom stereocenters. The molecule has 1 aliphatic carbocycles. The minimum atomic E-state index is -0.142. The molecule has 0 bridgehead atoms. The van der Waals surface area contributed by atoms with Crippen LogP contribution in [-0.4, -0.2) is 49.6 Å². The number of amides is 3. The van der Waals surface area contributed by atoms with Crippen LogP contribution in [0.4, 0.5) is 10.5 Å². The van der Waals surface area contributed by atoms with Gasteiger partial charge in [-0.15, -0.1) is 0 Å². The van der Waals surface area contributed by atoms with E-state index in [1.165, 1.54) is 0 Å². The molecule has 24 heavy (non-hydrogen) atoms. The molecule has 0 unspecified atom stereocenters. The van der Waals surface area contributed by atoms with Crippen LogP contribution in [0.3, 0.4) is 0 Å². The Labute approximate surface area is 143 Å². The van der Waals surface area contributed by atoms with Crippen molar-refractivity contribution in [3.8, 4) is 0 Å². The van der Waals surface area contributed by atoms with E-state index in [1.807, 2.05) is 37.2 Å². The van der Waals surface area contributed by atoms with E-state index in [9.17, 15) is 9.59 Å². The largest absolute Gasteiger partial charge is 0.378 e. The van der Waals surface area contributed by atoms with Crippen LogP contribution in [0.2, 0.25) is 0 Å². The van der Waals surface area contributed by atoms with Crippen LogP contribution >= 0.6 is 0 Å². The zero-order valence-electron chi connectivity index (χ0n) is 14.4. The summed E-state index contributed by atoms with van der Waals surface area (Å²) >= 11 is 0. The van der Waals surface area contributed by atoms with Crippen LogP contribution in [0.25, 0.3) is 0 Å². The lowest BCUT2D eigenvalue weighted by atomic mass is 9.87. The molecule has 1 saturated carbocycles. The standard InChI is InChI=1S/C18H26N4O2/c1-21(2)14-7-5-6-13(10-14)11-19-18(24)22-12-17(23)20-15-8-3-4-9-16(15)22/h5-7,10,15-16H,3-4,8-9,11-12H2,1-2H3,(H,19,24)(H,20,23)/t15-,16+/m0/s1. The number of hydrogen-bond donors (Lipinski definition) is 2. The highest BCUT2D eigenvalue weighted by molar-refractivity contribution is 5.86. The van der Waals surface area contributed by atoms with Gasteiger partial charge in [-0.25, -0.2) is 4.79 Å². The van der Waals surface area contributed by atoms with Crippen molar-refractivity contribution in [2.24, 2.45) is 0 Å². The summed E-state index contributed by atoms with van der Waals surface area (Å²) in [5, 5.41) is 6.01. The average molecular weight is 330 g/mol. The molecule has 2 N–H and O–H groups in total. The predicted octanol–water partition coefficient (Wildman–Crippen LogP) is 1.71. The maximum atomic E-state index is 12.6. The van der Waals surface area contributed by atoms with E-state index in [2.05, 4.69) is 16.7 Å². The van der Waals surface area contributed by atoms with Crippen LogP contribution < -0.4 is 15.5 Å². The minimum Gasteiger partial charge on any atom is -0.378 e. The van der Waals surface area contributed by atoms with E-state index < -0.39 is 0 Å². The van der Waals surface area contributed by atoms with Gasteiger partial charge >= 0.3 is 6.03 Å². The maximum absolute atomic E-state index is 12.6. The second-order valence-electron chi connectivity index (χ2n) is 6.88. The van der Waals surface area contributed by atoms with Gasteiger partial charge < -0.3 is 20.4 Å². The fourth-order valence-corrected chi connectivity index (χ4v) is 3.62. The van der Waals surface area contributed by atoms with Crippen molar-refractivity contribution < 1.29 is 9.59 Å². The third-order valence-electron chi connectivity index (χ3n) is 4.92. The SMILES string of the molecule is CN(C)c1cccc(CNC(=O)N2CC(=O)N[C@H]3CCCC[C@H]32)c1. The Balaban J connectivity index is 1.63. The highest BCUT2D eigenvalue weighted by Crippen LogP contribution is 2.25. The van der Waals surface area contributed by atoms with E-state index in [0.717, 1.165) is 36.9 Å². The van der Waals surface area contributed by atoms with Crippen molar-refractivity contribution in [2.45, 2.75) is 44.3 Å². The molecule has 2 fully saturated rings. The Kier molecular flexibility index (Phi) is 4.92. The summed E-state index contributed by atoms with van der Waals surface area (Å²) in [6, 6.07) is 8.19. The Bertz CT molecular complexity index is 617. The van der Waals surface area contributed by atoms with Crippen molar-refractivity contribution >= 4 is 17.6 Å². The summed E-state index contributed by atoms with van der Waals surface area (Å²) in [5.74, 6) is -0.0529. The van der Waals surface area contributed by atoms with Gasteiger partial charge in [0.1, 0.15) is 6.54 Å². The van der Waals surface area contributed by atoms with Crippen molar-refractivity contribution in [3.05, 3.63) is 29.8 Å². The molecule has 6 heteroatoms. The monoisotopic (exact) mass is 330 g/mol. The van der Waals surface area contributed by atoms with Gasteiger partial charge in [0.15, 0.2) is 0 Å². The lowest BCUT2D eigenvalue weighted by Gasteiger charge is -2.43. The van der Waals surface area contributed by atoms with Crippen LogP contribution in [0.15, 0.2) is 24.3 Å². The van der Waals surface area contributed by atoms with Crippen LogP contribution in [0, 0.1) is 0 Å². The zero-order valence-corrected chi connectivity index (χ0v) is 14.4. The molecule has 0 aromatic heterocycles. The topological polar surface area (TPSA) is 64.7 Å². The zero-order chi connectivity index (χ0) is 17.1. The second-order valence-corrected chi connectivity index (χ2v) is 6.88. The Morgan fingerprint density at radius 1 is 1.33 bits per heavy atom. The third kappa shape index (κ3) is 3.63. The molecule has 0 spiro atoms. The first-order valence-electron chi connectivity index (χ1n) is 8.64. The normalized spacial score (nSPS) is 23.2. The summed E-state index contributed by atoms with van der Waals surface area (Å²) in [7, 11) is 3.99. The molecule has 6 nitrogen and oxygen atoms in total. The number of nitrogens with one attached hydrogen (secondary N) is 2. The van der Waals surface area contributed by atoms with Crippen molar-refractivity contribution in [1.82, 2.24) is 15.5 Å². The predicted molar refractivity (Wildman–Crippen MR) is 93.9 cm³/mol. The van der Waals surface area contributed by atoms with Gasteiger partial charge in [-0.2, -0.15) is 0 Å². The summed E-state index contributed by atoms with van der Waals surface area (Å²) < 4.78 is 0. The molecule has 1 saturated heterocycles. The van der Waals surface area contributed by atoms with Crippen LogP contribution in [0.1, 0.15) is 31.2 Å². The molecular weight excluding hydrogens is 304 g/mol. The Morgan fingerprint density at radius 3 is 2.92 bits per heavy atom. The van der Waals surface area contributed by atoms with Gasteiger partial charge in [-0.05, 0) is 30.5 Å². The van der Waals surface area contributed by atoms with Gasteiger partial charge in [0.2, 0.25) is 5.91 Å². The first-order chi connectivity index (χ1) is 11.5. The van der Waals surface area contributed by atoms with E-state index in [0.29, 0.717) is 6.54 Å². The number of hydrogen-bond acceptors (Lipinski definition) is 3. The van der Waals surface area contributed by atoms with E-state index >= 15 is 0 Å². The van der Waals surface area contributed by atoms with Gasteiger partial charge in [0.25, 0.3) is 0 Å². The smallest absolute Gasteiger partial charge is 0.318 e. The summed E-state index contributed by atoms with van der Waals surface area (Å²) in [6.07, 6.45) is 4.17. The quantitative estimate of drug-likeness (QED) is 0.887. The van der Waals surface area contributed by atoms with Gasteiger partial charge in [-0.1, -0.05) is 25.0 Å². The van der Waals surface area contributed by atoms with Crippen molar-refractivity contribution in [2.75, 3.05) is 25.5 Å². The maximum Gasteiger partial charge on any atom is 0.318 e. The molecule has 3 rings (SSSR count). The minimum absolute atomic E-state index is 0.0529. The van der Waals surface area contributed by atoms with E-state index in [-0.39, 0.29) is 30.6 Å². The molecule has 1 aromatic carbocycles. The molecular formula is C18H26N4O2. The molecule has 1 aromatic rings. The number of urea groups is 1. The number of fused-ring (bicyclic) bond motifs is 1. The highest BCUT2D eigenvalue weighted by atomic mass is 16.2. The summed E-state index contributed by atoms with van der Waals surface area (Å²) in [6.45, 7) is 0.626. The van der Waals surface area contributed by atoms with Gasteiger partial charge in [0, 0.05) is 32.4 Å². The van der Waals surface area contributed by atoms with Gasteiger partial charge in [0.05, 0.1) is 6.04 Å². The highest BCUT2D eigenvalue weighted by Gasteiger charge is 2.38. The third-order valence-corrected chi connectivity index (χ3v) is 4.92. The van der Waals surface area contributed by atoms with Crippen LogP contribution in [0.5, 0.6) is 0 Å². The number of anilines is 1. The Morgan fingerprint density at radius 2 is 2.12 bits per heavy atom. The van der Waals surface area contributed by atoms with Crippen molar-refractivity contribution in [3.63, 3.8) is 0 Å². The number of benzene rings is 1. The number of rotatable bonds is 3. The fourth-order valence-electron chi connectivity index (χ4n) is 3.62. The first-order valence-corrected chi connectivity index (χ1v) is 8.64. The molecule has 3 amide bonds. The first kappa shape index (κ1) is 16.6. The molecule has 2 aliphatic rings. The molecule has 1 aliphatic heterocycles. The molecule has 0 radical (unpaired) electrons. The molecule has 130 valence electrons. The van der Waals surface area contributed by atoms with Crippen molar-refractivity contribution in [1.29, 1.82) is 0 Å². The summed E-state index contributed by atoms with van der Waals surface area (Å²) in [4.78, 5) is 28.3. The van der Waals surface area contributed by atoms with E-state index in [4.69, 9.17) is 0 Å². The molecule has 1 heterocycles. The Hall–Kier alpha value is -2.24. The van der Waals surface area contributed by atoms with Crippen LogP contribution in [-0.2, 0) is 11.3 Å². The lowest BCUT2D eigenvalue weighted by Crippen LogP contribution is -2.64. The number of nitrogens with zero attached hydrogens (tertiary/aromatic N) is 2. The lowest BCUT2D eigenvalue weighted by molar-refractivity contribution is -0.126. The average Bonchev–Trinajstić information content (AvgIpc) is 2.59. The number of piperazine rings is 1. The number of carbonyl (C=O) groups is 2. The second kappa shape index (κ2) is 7.11. The van der Waals surface area contributed by atoms with Gasteiger partial charge in [-0.3, -0.25) is 4.79 Å². The fraction of sp³-hybridized carbons (Fsp3) is 0.556. The number of carbonyl (C=O) groups excluding carboxylic acids is 2. The van der Waals surface area contributed by atoms with E-state index in [1.54, 1.807) is 4.90 Å². The summed E-state index contributed by atoms with van der Waals surface area (Å²) in [5.41, 5.74) is 2.16.